The van der Waals surface area contributed by atoms with Crippen LogP contribution in [0, 0.1) is 11.8 Å². The first-order valence-corrected chi connectivity index (χ1v) is 13.8. The normalized spacial score (nSPS) is 18.6. The molecule has 4 heteroatoms. The minimum atomic E-state index is -0.623. The zero-order valence-electron chi connectivity index (χ0n) is 22.0. The summed E-state index contributed by atoms with van der Waals surface area (Å²) in [5, 5.41) is 0. The second-order valence-corrected chi connectivity index (χ2v) is 9.85. The van der Waals surface area contributed by atoms with E-state index in [9.17, 15) is 4.79 Å². The molecule has 35 heavy (non-hydrogen) atoms. The maximum atomic E-state index is 11.7. The molecule has 4 nitrogen and oxygen atoms in total. The van der Waals surface area contributed by atoms with Gasteiger partial charge in [0.05, 0.1) is 13.2 Å². The summed E-state index contributed by atoms with van der Waals surface area (Å²) in [6.07, 6.45) is 13.1. The Bertz CT molecular complexity index is 859. The molecule has 3 rings (SSSR count). The van der Waals surface area contributed by atoms with Crippen molar-refractivity contribution >= 4 is 5.97 Å². The molecule has 0 bridgehead atoms. The van der Waals surface area contributed by atoms with Gasteiger partial charge in [0, 0.05) is 0 Å². The molecule has 1 fully saturated rings. The zero-order valence-corrected chi connectivity index (χ0v) is 22.0. The minimum absolute atomic E-state index is 0.349. The number of carbonyl (C=O) groups excluding carboxylic acids is 1. The lowest BCUT2D eigenvalue weighted by atomic mass is 9.74. The van der Waals surface area contributed by atoms with Gasteiger partial charge in [-0.2, -0.15) is 0 Å². The average Bonchev–Trinajstić information content (AvgIpc) is 2.88. The molecule has 3 atom stereocenters. The fourth-order valence-electron chi connectivity index (χ4n) is 5.22. The summed E-state index contributed by atoms with van der Waals surface area (Å²) >= 11 is 0. The van der Waals surface area contributed by atoms with Crippen molar-refractivity contribution in [2.45, 2.75) is 91.1 Å². The summed E-state index contributed by atoms with van der Waals surface area (Å²) in [5.74, 6) is 3.08. The summed E-state index contributed by atoms with van der Waals surface area (Å²) in [4.78, 5) is 11.7. The lowest BCUT2D eigenvalue weighted by molar-refractivity contribution is -0.150. The second kappa shape index (κ2) is 14.8. The average molecular weight is 481 g/mol. The molecule has 1 aliphatic carbocycles. The van der Waals surface area contributed by atoms with E-state index in [-0.39, 0.29) is 5.97 Å². The fourth-order valence-corrected chi connectivity index (χ4v) is 5.22. The summed E-state index contributed by atoms with van der Waals surface area (Å²) < 4.78 is 16.7. The van der Waals surface area contributed by atoms with Crippen molar-refractivity contribution in [3.8, 4) is 22.6 Å². The molecule has 2 unspecified atom stereocenters. The second-order valence-electron chi connectivity index (χ2n) is 9.85. The van der Waals surface area contributed by atoms with Crippen LogP contribution in [-0.2, 0) is 9.53 Å². The Balaban J connectivity index is 1.42. The molecule has 0 heterocycles. The third-order valence-corrected chi connectivity index (χ3v) is 7.21. The molecule has 0 saturated heterocycles. The maximum Gasteiger partial charge on any atom is 0.347 e. The highest BCUT2D eigenvalue weighted by atomic mass is 16.6. The first kappa shape index (κ1) is 27.1. The van der Waals surface area contributed by atoms with Gasteiger partial charge in [-0.05, 0) is 73.9 Å². The van der Waals surface area contributed by atoms with Crippen LogP contribution in [0.5, 0.6) is 11.5 Å². The van der Waals surface area contributed by atoms with Gasteiger partial charge in [0.15, 0.2) is 6.10 Å². The molecule has 0 N–H and O–H groups in total. The molecule has 2 aromatic rings. The van der Waals surface area contributed by atoms with Gasteiger partial charge in [0.2, 0.25) is 0 Å². The smallest absolute Gasteiger partial charge is 0.347 e. The molecule has 0 aliphatic heterocycles. The molecule has 0 radical (unpaired) electrons. The summed E-state index contributed by atoms with van der Waals surface area (Å²) in [6.45, 7) is 6.93. The van der Waals surface area contributed by atoms with E-state index in [1.165, 1.54) is 57.8 Å². The quantitative estimate of drug-likeness (QED) is 0.202. The van der Waals surface area contributed by atoms with Gasteiger partial charge >= 0.3 is 5.97 Å². The van der Waals surface area contributed by atoms with E-state index in [4.69, 9.17) is 14.2 Å². The zero-order chi connectivity index (χ0) is 24.9. The van der Waals surface area contributed by atoms with Crippen LogP contribution in [0.15, 0.2) is 48.5 Å². The molecule has 2 aromatic carbocycles. The molecule has 0 amide bonds. The van der Waals surface area contributed by atoms with Crippen LogP contribution >= 0.6 is 0 Å². The largest absolute Gasteiger partial charge is 0.494 e. The highest BCUT2D eigenvalue weighted by Crippen LogP contribution is 2.36. The minimum Gasteiger partial charge on any atom is -0.494 e. The molecular formula is C31H44O4. The van der Waals surface area contributed by atoms with E-state index in [1.807, 2.05) is 24.3 Å². The summed E-state index contributed by atoms with van der Waals surface area (Å²) in [5.41, 5.74) is 2.22. The van der Waals surface area contributed by atoms with Crippen molar-refractivity contribution in [2.24, 2.45) is 11.8 Å². The van der Waals surface area contributed by atoms with Crippen LogP contribution in [0.1, 0.15) is 85.0 Å². The molecule has 0 aromatic heterocycles. The first-order chi connectivity index (χ1) is 17.1. The Morgan fingerprint density at radius 3 is 1.97 bits per heavy atom. The van der Waals surface area contributed by atoms with Crippen molar-refractivity contribution in [3.63, 3.8) is 0 Å². The number of rotatable bonds is 14. The van der Waals surface area contributed by atoms with Crippen LogP contribution in [0.3, 0.4) is 0 Å². The third kappa shape index (κ3) is 8.91. The number of unbranched alkanes of at least 4 members (excludes halogenated alkanes) is 2. The molecule has 192 valence electrons. The monoisotopic (exact) mass is 480 g/mol. The van der Waals surface area contributed by atoms with Crippen molar-refractivity contribution in [3.05, 3.63) is 48.5 Å². The predicted molar refractivity (Wildman–Crippen MR) is 143 cm³/mol. The van der Waals surface area contributed by atoms with Crippen molar-refractivity contribution in [2.75, 3.05) is 13.2 Å². The summed E-state index contributed by atoms with van der Waals surface area (Å²) in [7, 11) is 0. The lowest BCUT2D eigenvalue weighted by Gasteiger charge is -2.31. The van der Waals surface area contributed by atoms with Gasteiger partial charge in [0.25, 0.3) is 0 Å². The first-order valence-electron chi connectivity index (χ1n) is 13.8. The van der Waals surface area contributed by atoms with Crippen LogP contribution in [0.25, 0.3) is 11.1 Å². The number of benzene rings is 2. The van der Waals surface area contributed by atoms with E-state index < -0.39 is 6.10 Å². The van der Waals surface area contributed by atoms with Gasteiger partial charge in [-0.1, -0.05) is 82.6 Å². The number of hydrogen-bond acceptors (Lipinski definition) is 4. The van der Waals surface area contributed by atoms with Gasteiger partial charge in [-0.15, -0.1) is 0 Å². The summed E-state index contributed by atoms with van der Waals surface area (Å²) in [6, 6.07) is 16.1. The van der Waals surface area contributed by atoms with Gasteiger partial charge < -0.3 is 14.2 Å². The van der Waals surface area contributed by atoms with Crippen molar-refractivity contribution in [1.82, 2.24) is 0 Å². The van der Waals surface area contributed by atoms with Gasteiger partial charge in [-0.3, -0.25) is 0 Å². The van der Waals surface area contributed by atoms with E-state index >= 15 is 0 Å². The SMILES string of the molecule is CCCCCC1CCCCC1CCCOc1ccc(-c2ccc(O[C@H](C)C(=O)OCC)cc2)cc1. The number of esters is 1. The predicted octanol–water partition coefficient (Wildman–Crippen LogP) is 8.23. The standard InChI is InChI=1S/C31H44O4/c1-4-6-7-11-25-12-8-9-13-26(25)14-10-23-34-29-19-15-27(16-20-29)28-17-21-30(22-18-28)35-24(3)31(32)33-5-2/h15-22,24-26H,4-14,23H2,1-3H3/t24-,25?,26?/m1/s1. The van der Waals surface area contributed by atoms with Crippen LogP contribution in [0.4, 0.5) is 0 Å². The highest BCUT2D eigenvalue weighted by molar-refractivity contribution is 5.74. The van der Waals surface area contributed by atoms with Gasteiger partial charge in [-0.25, -0.2) is 4.79 Å². The van der Waals surface area contributed by atoms with Crippen molar-refractivity contribution < 1.29 is 19.0 Å². The van der Waals surface area contributed by atoms with Crippen LogP contribution in [0.2, 0.25) is 0 Å². The number of carbonyl (C=O) groups is 1. The number of ether oxygens (including phenoxy) is 3. The molecular weight excluding hydrogens is 436 g/mol. The van der Waals surface area contributed by atoms with Crippen molar-refractivity contribution in [1.29, 1.82) is 0 Å². The third-order valence-electron chi connectivity index (χ3n) is 7.21. The Labute approximate surface area is 212 Å². The number of hydrogen-bond donors (Lipinski definition) is 0. The Morgan fingerprint density at radius 1 is 0.829 bits per heavy atom. The van der Waals surface area contributed by atoms with E-state index in [0.717, 1.165) is 41.7 Å². The van der Waals surface area contributed by atoms with Crippen LogP contribution in [-0.4, -0.2) is 25.3 Å². The maximum absolute atomic E-state index is 11.7. The Kier molecular flexibility index (Phi) is 11.5. The van der Waals surface area contributed by atoms with E-state index in [1.54, 1.807) is 13.8 Å². The Morgan fingerprint density at radius 2 is 1.40 bits per heavy atom. The van der Waals surface area contributed by atoms with E-state index in [2.05, 4.69) is 31.2 Å². The van der Waals surface area contributed by atoms with Gasteiger partial charge in [0.1, 0.15) is 11.5 Å². The fraction of sp³-hybridized carbons (Fsp3) is 0.581. The van der Waals surface area contributed by atoms with E-state index in [0.29, 0.717) is 12.4 Å². The lowest BCUT2D eigenvalue weighted by Crippen LogP contribution is -2.25. The highest BCUT2D eigenvalue weighted by Gasteiger charge is 2.24. The molecule has 1 saturated carbocycles. The Hall–Kier alpha value is -2.49. The topological polar surface area (TPSA) is 44.8 Å². The molecule has 0 spiro atoms. The molecule has 1 aliphatic rings. The van der Waals surface area contributed by atoms with Crippen LogP contribution < -0.4 is 9.47 Å².